The Labute approximate surface area is 213 Å². The van der Waals surface area contributed by atoms with E-state index >= 15 is 0 Å². The smallest absolute Gasteiger partial charge is 0.143 e. The van der Waals surface area contributed by atoms with E-state index in [4.69, 9.17) is 0 Å². The lowest BCUT2D eigenvalue weighted by atomic mass is 9.90. The van der Waals surface area contributed by atoms with Crippen molar-refractivity contribution < 1.29 is 0 Å². The molecule has 35 heavy (non-hydrogen) atoms. The molecule has 0 aliphatic heterocycles. The lowest BCUT2D eigenvalue weighted by molar-refractivity contribution is 0.912. The van der Waals surface area contributed by atoms with Crippen LogP contribution in [0.4, 0.5) is 5.69 Å². The van der Waals surface area contributed by atoms with E-state index < -0.39 is 0 Å². The third kappa shape index (κ3) is 5.21. The zero-order valence-electron chi connectivity index (χ0n) is 20.6. The average Bonchev–Trinajstić information content (AvgIpc) is 3.26. The van der Waals surface area contributed by atoms with Crippen LogP contribution in [0.1, 0.15) is 40.5 Å². The van der Waals surface area contributed by atoms with Crippen LogP contribution in [-0.4, -0.2) is 12.9 Å². The highest BCUT2D eigenvalue weighted by Crippen LogP contribution is 2.42. The summed E-state index contributed by atoms with van der Waals surface area (Å²) in [6, 6.07) is 13.1. The van der Waals surface area contributed by atoms with Crippen molar-refractivity contribution in [2.75, 3.05) is 5.32 Å². The summed E-state index contributed by atoms with van der Waals surface area (Å²) in [6.07, 6.45) is 18.1. The van der Waals surface area contributed by atoms with Crippen LogP contribution in [0.5, 0.6) is 0 Å². The lowest BCUT2D eigenvalue weighted by Gasteiger charge is -2.19. The maximum absolute atomic E-state index is 4.29. The van der Waals surface area contributed by atoms with Crippen molar-refractivity contribution in [3.8, 4) is 0 Å². The van der Waals surface area contributed by atoms with E-state index in [9.17, 15) is 0 Å². The van der Waals surface area contributed by atoms with Gasteiger partial charge in [0.15, 0.2) is 0 Å². The van der Waals surface area contributed by atoms with Crippen LogP contribution in [-0.2, 0) is 6.42 Å². The van der Waals surface area contributed by atoms with Crippen LogP contribution in [0.2, 0.25) is 0 Å². The van der Waals surface area contributed by atoms with Crippen molar-refractivity contribution in [2.24, 2.45) is 4.99 Å². The molecule has 2 nitrogen and oxygen atoms in total. The molecule has 1 aliphatic carbocycles. The highest BCUT2D eigenvalue weighted by atomic mass is 32.1. The molecule has 1 heterocycles. The number of hydrogen-bond acceptors (Lipinski definition) is 3. The molecule has 0 spiro atoms. The van der Waals surface area contributed by atoms with E-state index in [1.165, 1.54) is 42.8 Å². The summed E-state index contributed by atoms with van der Waals surface area (Å²) in [5.74, 6) is 0. The van der Waals surface area contributed by atoms with E-state index in [2.05, 4.69) is 85.7 Å². The van der Waals surface area contributed by atoms with Gasteiger partial charge in [0.2, 0.25) is 0 Å². The Balaban J connectivity index is 1.72. The Bertz CT molecular complexity index is 1390. The van der Waals surface area contributed by atoms with Gasteiger partial charge in [0, 0.05) is 20.7 Å². The first-order valence-corrected chi connectivity index (χ1v) is 12.7. The first-order chi connectivity index (χ1) is 17.1. The largest absolute Gasteiger partial charge is 0.360 e. The predicted octanol–water partition coefficient (Wildman–Crippen LogP) is 9.02. The van der Waals surface area contributed by atoms with Gasteiger partial charge >= 0.3 is 0 Å². The van der Waals surface area contributed by atoms with Crippen molar-refractivity contribution in [2.45, 2.75) is 32.9 Å². The van der Waals surface area contributed by atoms with Crippen LogP contribution in [0.15, 0.2) is 96.6 Å². The van der Waals surface area contributed by atoms with Crippen molar-refractivity contribution in [3.63, 3.8) is 0 Å². The molecule has 2 aromatic carbocycles. The normalized spacial score (nSPS) is 14.7. The summed E-state index contributed by atoms with van der Waals surface area (Å²) in [5, 5.41) is 4.86. The number of anilines is 1. The monoisotopic (exact) mass is 476 g/mol. The van der Waals surface area contributed by atoms with Crippen LogP contribution in [0.25, 0.3) is 27.8 Å². The quantitative estimate of drug-likeness (QED) is 0.242. The molecular formula is C32H32N2S. The Kier molecular flexibility index (Phi) is 7.79. The number of rotatable bonds is 9. The zero-order valence-corrected chi connectivity index (χ0v) is 21.4. The first kappa shape index (κ1) is 24.4. The third-order valence-corrected chi connectivity index (χ3v) is 7.55. The SMILES string of the molecule is C=C/C=C\c1c(C)ccc2sc3c(c12)C=C(c1cccc(NC(N=C)/C(C=C)=C/C=C\C)c1)CC3. The zero-order chi connectivity index (χ0) is 24.8. The van der Waals surface area contributed by atoms with Gasteiger partial charge < -0.3 is 5.32 Å². The minimum atomic E-state index is -0.256. The average molecular weight is 477 g/mol. The summed E-state index contributed by atoms with van der Waals surface area (Å²) < 4.78 is 1.35. The number of allylic oxidation sites excluding steroid dienone is 6. The molecule has 1 aromatic heterocycles. The number of nitrogens with zero attached hydrogens (tertiary/aromatic N) is 1. The molecule has 1 unspecified atom stereocenters. The lowest BCUT2D eigenvalue weighted by Crippen LogP contribution is -2.18. The second-order valence-electron chi connectivity index (χ2n) is 8.58. The molecule has 0 bridgehead atoms. The van der Waals surface area contributed by atoms with Gasteiger partial charge in [-0.3, -0.25) is 4.99 Å². The second kappa shape index (κ2) is 11.2. The van der Waals surface area contributed by atoms with Gasteiger partial charge in [0.25, 0.3) is 0 Å². The molecule has 3 heteroatoms. The van der Waals surface area contributed by atoms with Crippen LogP contribution >= 0.6 is 11.3 Å². The van der Waals surface area contributed by atoms with Gasteiger partial charge in [0.05, 0.1) is 0 Å². The molecule has 1 N–H and O–H groups in total. The number of thiophene rings is 1. The minimum absolute atomic E-state index is 0.256. The number of aliphatic imine (C=N–C) groups is 1. The van der Waals surface area contributed by atoms with Crippen LogP contribution < -0.4 is 5.32 Å². The van der Waals surface area contributed by atoms with Crippen molar-refractivity contribution in [1.29, 1.82) is 0 Å². The number of fused-ring (bicyclic) bond motifs is 3. The Morgan fingerprint density at radius 3 is 2.74 bits per heavy atom. The van der Waals surface area contributed by atoms with E-state index in [1.807, 2.05) is 54.7 Å². The van der Waals surface area contributed by atoms with Gasteiger partial charge in [-0.15, -0.1) is 11.3 Å². The molecule has 3 aromatic rings. The fourth-order valence-electron chi connectivity index (χ4n) is 4.51. The molecule has 0 fully saturated rings. The van der Waals surface area contributed by atoms with Gasteiger partial charge in [-0.2, -0.15) is 0 Å². The van der Waals surface area contributed by atoms with E-state index in [0.29, 0.717) is 0 Å². The van der Waals surface area contributed by atoms with Crippen LogP contribution in [0, 0.1) is 6.92 Å². The standard InChI is InChI=1S/C32H32N2S/c1-6-9-12-23(8-3)32(33-5)34-26-14-11-13-24(20-26)25-17-19-29-28(21-25)31-27(15-10-7-2)22(4)16-18-30(31)35-29/h6-16,18,20-21,32,34H,2-3,5,17,19H2,1,4H3/b9-6-,15-10-,23-12+. The van der Waals surface area contributed by atoms with Gasteiger partial charge in [-0.25, -0.2) is 0 Å². The molecule has 1 atom stereocenters. The van der Waals surface area contributed by atoms with Crippen molar-refractivity contribution in [3.05, 3.63) is 119 Å². The maximum Gasteiger partial charge on any atom is 0.143 e. The summed E-state index contributed by atoms with van der Waals surface area (Å²) >= 11 is 1.92. The van der Waals surface area contributed by atoms with E-state index in [1.54, 1.807) is 0 Å². The second-order valence-corrected chi connectivity index (χ2v) is 9.72. The third-order valence-electron chi connectivity index (χ3n) is 6.32. The van der Waals surface area contributed by atoms with Gasteiger partial charge in [0.1, 0.15) is 6.17 Å². The summed E-state index contributed by atoms with van der Waals surface area (Å²) in [5.41, 5.74) is 8.53. The minimum Gasteiger partial charge on any atom is -0.360 e. The number of nitrogens with one attached hydrogen (secondary N) is 1. The predicted molar refractivity (Wildman–Crippen MR) is 158 cm³/mol. The topological polar surface area (TPSA) is 24.4 Å². The molecule has 0 saturated carbocycles. The van der Waals surface area contributed by atoms with E-state index in [0.717, 1.165) is 24.1 Å². The van der Waals surface area contributed by atoms with Gasteiger partial charge in [-0.1, -0.05) is 73.9 Å². The molecule has 4 rings (SSSR count). The number of aryl methyl sites for hydroxylation is 2. The fraction of sp³-hybridized carbons (Fsp3) is 0.156. The highest BCUT2D eigenvalue weighted by molar-refractivity contribution is 7.19. The van der Waals surface area contributed by atoms with Crippen molar-refractivity contribution >= 4 is 51.6 Å². The van der Waals surface area contributed by atoms with Crippen LogP contribution in [0.3, 0.4) is 0 Å². The molecule has 0 saturated heterocycles. The molecule has 1 aliphatic rings. The molecular weight excluding hydrogens is 444 g/mol. The summed E-state index contributed by atoms with van der Waals surface area (Å²) in [7, 11) is 0. The first-order valence-electron chi connectivity index (χ1n) is 11.9. The molecule has 0 amide bonds. The number of hydrogen-bond donors (Lipinski definition) is 1. The van der Waals surface area contributed by atoms with E-state index in [-0.39, 0.29) is 6.17 Å². The van der Waals surface area contributed by atoms with Crippen molar-refractivity contribution in [1.82, 2.24) is 0 Å². The Hall–Kier alpha value is -3.69. The highest BCUT2D eigenvalue weighted by Gasteiger charge is 2.20. The summed E-state index contributed by atoms with van der Waals surface area (Å²) in [6.45, 7) is 15.7. The fourth-order valence-corrected chi connectivity index (χ4v) is 5.71. The van der Waals surface area contributed by atoms with Gasteiger partial charge in [-0.05, 0) is 91.1 Å². The Morgan fingerprint density at radius 2 is 2.00 bits per heavy atom. The summed E-state index contributed by atoms with van der Waals surface area (Å²) in [4.78, 5) is 5.76. The number of benzene rings is 2. The molecule has 0 radical (unpaired) electrons. The Morgan fingerprint density at radius 1 is 1.14 bits per heavy atom. The molecule has 176 valence electrons. The maximum atomic E-state index is 4.29.